The fourth-order valence-electron chi connectivity index (χ4n) is 5.96. The molecule has 1 saturated carbocycles. The first kappa shape index (κ1) is 32.5. The molecule has 1 aliphatic rings. The summed E-state index contributed by atoms with van der Waals surface area (Å²) in [5, 5.41) is 5.29. The number of carbonyl (C=O) groups is 2. The Morgan fingerprint density at radius 1 is 1.18 bits per heavy atom. The largest absolute Gasteiger partial charge is 0.496 e. The van der Waals surface area contributed by atoms with Gasteiger partial charge in [-0.05, 0) is 63.8 Å². The van der Waals surface area contributed by atoms with E-state index in [0.29, 0.717) is 57.8 Å². The molecule has 1 fully saturated rings. The highest BCUT2D eigenvalue weighted by molar-refractivity contribution is 7.21. The summed E-state index contributed by atoms with van der Waals surface area (Å²) in [5.74, 6) is -0.192. The van der Waals surface area contributed by atoms with Gasteiger partial charge in [-0.15, -0.1) is 0 Å². The van der Waals surface area contributed by atoms with Gasteiger partial charge in [0.25, 0.3) is 5.56 Å². The van der Waals surface area contributed by atoms with Gasteiger partial charge in [0.05, 0.1) is 25.1 Å². The molecule has 0 bridgehead atoms. The van der Waals surface area contributed by atoms with Crippen LogP contribution in [-0.2, 0) is 26.4 Å². The number of nitrogens with zero attached hydrogens (tertiary/aromatic N) is 4. The van der Waals surface area contributed by atoms with Crippen molar-refractivity contribution < 1.29 is 23.5 Å². The predicted molar refractivity (Wildman–Crippen MR) is 170 cm³/mol. The van der Waals surface area contributed by atoms with Crippen molar-refractivity contribution in [2.24, 2.45) is 5.92 Å². The van der Waals surface area contributed by atoms with Crippen LogP contribution in [0.5, 0.6) is 5.75 Å². The van der Waals surface area contributed by atoms with E-state index in [1.54, 1.807) is 43.9 Å². The first-order valence-electron chi connectivity index (χ1n) is 15.2. The van der Waals surface area contributed by atoms with Gasteiger partial charge in [-0.3, -0.25) is 19.0 Å². The number of carbonyl (C=O) groups excluding carboxylic acids is 2. The molecule has 0 unspecified atom stereocenters. The number of aromatic nitrogens is 4. The summed E-state index contributed by atoms with van der Waals surface area (Å²) in [6.45, 7) is 8.69. The molecule has 3 heterocycles. The molecule has 45 heavy (non-hydrogen) atoms. The number of aryl methyl sites for hydroxylation is 1. The van der Waals surface area contributed by atoms with Crippen LogP contribution in [-0.4, -0.2) is 43.7 Å². The van der Waals surface area contributed by atoms with E-state index in [1.165, 1.54) is 41.2 Å². The Kier molecular flexibility index (Phi) is 9.27. The molecule has 10 nitrogen and oxygen atoms in total. The molecule has 1 aromatic carbocycles. The fraction of sp³-hybridized carbons (Fsp3) is 0.485. The third-order valence-electron chi connectivity index (χ3n) is 8.47. The minimum absolute atomic E-state index is 0.0216. The van der Waals surface area contributed by atoms with Crippen LogP contribution < -0.4 is 16.0 Å². The molecular weight excluding hydrogens is 599 g/mol. The molecular formula is C33H39FN4O6S. The maximum Gasteiger partial charge on any atom is 0.333 e. The lowest BCUT2D eigenvalue weighted by atomic mass is 9.91. The van der Waals surface area contributed by atoms with Gasteiger partial charge in [0.2, 0.25) is 0 Å². The van der Waals surface area contributed by atoms with Crippen molar-refractivity contribution in [3.05, 3.63) is 74.4 Å². The van der Waals surface area contributed by atoms with Crippen LogP contribution >= 0.6 is 11.3 Å². The molecule has 1 atom stereocenters. The number of hydrogen-bond acceptors (Lipinski definition) is 8. The van der Waals surface area contributed by atoms with Crippen molar-refractivity contribution in [1.82, 2.24) is 18.9 Å². The average Bonchev–Trinajstić information content (AvgIpc) is 3.63. The summed E-state index contributed by atoms with van der Waals surface area (Å²) in [4.78, 5) is 54.6. The van der Waals surface area contributed by atoms with E-state index < -0.39 is 28.7 Å². The Bertz CT molecular complexity index is 1840. The van der Waals surface area contributed by atoms with E-state index in [4.69, 9.17) is 9.47 Å². The minimum atomic E-state index is -1.45. The third kappa shape index (κ3) is 6.30. The van der Waals surface area contributed by atoms with Crippen molar-refractivity contribution >= 4 is 33.1 Å². The van der Waals surface area contributed by atoms with E-state index in [-0.39, 0.29) is 36.6 Å². The summed E-state index contributed by atoms with van der Waals surface area (Å²) < 4.78 is 31.0. The van der Waals surface area contributed by atoms with Crippen LogP contribution in [0.1, 0.15) is 77.0 Å². The minimum Gasteiger partial charge on any atom is -0.496 e. The standard InChI is InChI=1S/C33H39FN4O6S/c1-19(2)16-27(40)33(4,5)38-29(41)28-20(3)30(37-15-7-14-35-37)45-31(28)36(32(38)42)18-26(44-23-11-9-22(39)10-12-23)24-17-21(34)8-13-25(24)43-6/h7-8,13-15,17,19,23,26H,9-12,16,18H2,1-6H3/t26-/m0/s1. The fourth-order valence-corrected chi connectivity index (χ4v) is 7.21. The number of ketones is 2. The van der Waals surface area contributed by atoms with Gasteiger partial charge in [0.15, 0.2) is 5.78 Å². The molecule has 0 aliphatic heterocycles. The predicted octanol–water partition coefficient (Wildman–Crippen LogP) is 5.49. The second-order valence-electron chi connectivity index (χ2n) is 12.5. The number of hydrogen-bond donors (Lipinski definition) is 0. The van der Waals surface area contributed by atoms with Crippen molar-refractivity contribution in [3.8, 4) is 10.8 Å². The van der Waals surface area contributed by atoms with E-state index in [1.807, 2.05) is 13.8 Å². The average molecular weight is 639 g/mol. The summed E-state index contributed by atoms with van der Waals surface area (Å²) in [6, 6.07) is 5.87. The van der Waals surface area contributed by atoms with E-state index in [9.17, 15) is 23.6 Å². The van der Waals surface area contributed by atoms with Gasteiger partial charge in [0, 0.05) is 42.8 Å². The zero-order valence-corrected chi connectivity index (χ0v) is 27.3. The zero-order valence-electron chi connectivity index (χ0n) is 26.5. The van der Waals surface area contributed by atoms with Gasteiger partial charge < -0.3 is 9.47 Å². The van der Waals surface area contributed by atoms with Gasteiger partial charge in [-0.1, -0.05) is 25.2 Å². The van der Waals surface area contributed by atoms with Gasteiger partial charge in [0.1, 0.15) is 38.8 Å². The number of thiophene rings is 1. The summed E-state index contributed by atoms with van der Waals surface area (Å²) >= 11 is 1.23. The molecule has 0 N–H and O–H groups in total. The van der Waals surface area contributed by atoms with Crippen LogP contribution in [0.15, 0.2) is 46.2 Å². The zero-order chi connectivity index (χ0) is 32.6. The first-order valence-corrected chi connectivity index (χ1v) is 16.0. The number of Topliss-reactive ketones (excluding diaryl/α,β-unsaturated/α-hetero) is 2. The first-order chi connectivity index (χ1) is 21.3. The lowest BCUT2D eigenvalue weighted by molar-refractivity contribution is -0.127. The number of benzene rings is 1. The van der Waals surface area contributed by atoms with Crippen LogP contribution in [0, 0.1) is 18.7 Å². The Hall–Kier alpha value is -3.90. The summed E-state index contributed by atoms with van der Waals surface area (Å²) in [6.07, 6.45) is 4.10. The second-order valence-corrected chi connectivity index (χ2v) is 13.5. The summed E-state index contributed by atoms with van der Waals surface area (Å²) in [5.41, 5.74) is -1.68. The summed E-state index contributed by atoms with van der Waals surface area (Å²) in [7, 11) is 1.47. The lowest BCUT2D eigenvalue weighted by Gasteiger charge is -2.30. The highest BCUT2D eigenvalue weighted by Gasteiger charge is 2.36. The molecule has 4 aromatic rings. The van der Waals surface area contributed by atoms with Crippen molar-refractivity contribution in [2.45, 2.75) is 91.0 Å². The highest BCUT2D eigenvalue weighted by atomic mass is 32.1. The topological polar surface area (TPSA) is 114 Å². The van der Waals surface area contributed by atoms with Gasteiger partial charge >= 0.3 is 5.69 Å². The lowest BCUT2D eigenvalue weighted by Crippen LogP contribution is -2.53. The van der Waals surface area contributed by atoms with Crippen LogP contribution in [0.25, 0.3) is 15.2 Å². The Morgan fingerprint density at radius 2 is 1.89 bits per heavy atom. The molecule has 0 radical (unpaired) electrons. The Labute approximate surface area is 264 Å². The van der Waals surface area contributed by atoms with Crippen LogP contribution in [0.2, 0.25) is 0 Å². The van der Waals surface area contributed by atoms with Crippen LogP contribution in [0.3, 0.4) is 0 Å². The molecule has 0 saturated heterocycles. The number of methoxy groups -OCH3 is 1. The second kappa shape index (κ2) is 12.8. The number of ether oxygens (including phenoxy) is 2. The van der Waals surface area contributed by atoms with E-state index in [2.05, 4.69) is 5.10 Å². The molecule has 5 rings (SSSR count). The molecule has 12 heteroatoms. The number of rotatable bonds is 11. The van der Waals surface area contributed by atoms with Crippen molar-refractivity contribution in [2.75, 3.05) is 7.11 Å². The smallest absolute Gasteiger partial charge is 0.333 e. The van der Waals surface area contributed by atoms with E-state index >= 15 is 0 Å². The maximum atomic E-state index is 14.7. The molecule has 240 valence electrons. The molecule has 3 aromatic heterocycles. The molecule has 0 spiro atoms. The Balaban J connectivity index is 1.76. The molecule has 1 aliphatic carbocycles. The van der Waals surface area contributed by atoms with E-state index in [0.717, 1.165) is 4.57 Å². The quantitative estimate of drug-likeness (QED) is 0.214. The monoisotopic (exact) mass is 638 g/mol. The normalized spacial score (nSPS) is 15.2. The number of halogens is 1. The highest BCUT2D eigenvalue weighted by Crippen LogP contribution is 2.36. The Morgan fingerprint density at radius 3 is 2.51 bits per heavy atom. The van der Waals surface area contributed by atoms with Crippen molar-refractivity contribution in [1.29, 1.82) is 0 Å². The van der Waals surface area contributed by atoms with Crippen LogP contribution in [0.4, 0.5) is 4.39 Å². The number of fused-ring (bicyclic) bond motifs is 1. The SMILES string of the molecule is COc1ccc(F)cc1[C@H](Cn1c(=O)n(C(C)(C)C(=O)CC(C)C)c(=O)c2c(C)c(-n3cccn3)sc21)OC1CCC(=O)CC1. The van der Waals surface area contributed by atoms with Gasteiger partial charge in [-0.25, -0.2) is 18.4 Å². The van der Waals surface area contributed by atoms with Crippen molar-refractivity contribution in [3.63, 3.8) is 0 Å². The van der Waals surface area contributed by atoms with Gasteiger partial charge in [-0.2, -0.15) is 5.10 Å². The maximum absolute atomic E-state index is 14.7. The third-order valence-corrected chi connectivity index (χ3v) is 9.77. The molecule has 0 amide bonds.